The second-order valence-corrected chi connectivity index (χ2v) is 3.27. The van der Waals surface area contributed by atoms with Gasteiger partial charge < -0.3 is 16.2 Å². The van der Waals surface area contributed by atoms with Crippen LogP contribution >= 0.6 is 0 Å². The number of aliphatic carboxylic acids is 1. The zero-order valence-corrected chi connectivity index (χ0v) is 9.23. The van der Waals surface area contributed by atoms with Crippen LogP contribution in [0.2, 0.25) is 0 Å². The van der Waals surface area contributed by atoms with E-state index in [1.165, 1.54) is 0 Å². The lowest BCUT2D eigenvalue weighted by molar-refractivity contribution is -0.142. The smallest absolute Gasteiger partial charge is 0.326 e. The number of carbonyl (C=O) groups is 3. The zero-order chi connectivity index (χ0) is 13.3. The number of primary amides is 1. The van der Waals surface area contributed by atoms with E-state index >= 15 is 0 Å². The Morgan fingerprint density at radius 2 is 2.06 bits per heavy atom. The minimum atomic E-state index is -1.21. The van der Waals surface area contributed by atoms with Crippen LogP contribution in [0.4, 0.5) is 0 Å². The molecule has 7 heteroatoms. The van der Waals surface area contributed by atoms with Gasteiger partial charge in [0.05, 0.1) is 13.1 Å². The number of carboxylic acid groups (broad SMARTS) is 1. The molecule has 0 spiro atoms. The Hall–Kier alpha value is -2.07. The van der Waals surface area contributed by atoms with Crippen LogP contribution in [-0.2, 0) is 14.4 Å². The molecule has 1 atom stereocenters. The van der Waals surface area contributed by atoms with Crippen molar-refractivity contribution in [1.29, 1.82) is 0 Å². The highest BCUT2D eigenvalue weighted by atomic mass is 16.4. The second kappa shape index (κ2) is 8.13. The summed E-state index contributed by atoms with van der Waals surface area (Å²) in [5.74, 6) is -0.0584. The largest absolute Gasteiger partial charge is 0.480 e. The van der Waals surface area contributed by atoms with Gasteiger partial charge in [-0.25, -0.2) is 4.79 Å². The van der Waals surface area contributed by atoms with Crippen molar-refractivity contribution in [2.45, 2.75) is 18.9 Å². The van der Waals surface area contributed by atoms with Crippen LogP contribution in [0.1, 0.15) is 12.8 Å². The number of carbonyl (C=O) groups excluding carboxylic acids is 2. The second-order valence-electron chi connectivity index (χ2n) is 3.27. The van der Waals surface area contributed by atoms with Crippen molar-refractivity contribution < 1.29 is 19.5 Å². The summed E-state index contributed by atoms with van der Waals surface area (Å²) in [6.07, 6.45) is 4.82. The van der Waals surface area contributed by atoms with E-state index in [2.05, 4.69) is 16.6 Å². The summed E-state index contributed by atoms with van der Waals surface area (Å²) in [6.45, 7) is 0.136. The number of amides is 2. The maximum atomic E-state index is 11.3. The zero-order valence-electron chi connectivity index (χ0n) is 9.23. The predicted octanol–water partition coefficient (Wildman–Crippen LogP) is -1.96. The first-order chi connectivity index (χ1) is 7.97. The molecule has 0 aromatic heterocycles. The molecule has 0 rings (SSSR count). The highest BCUT2D eigenvalue weighted by molar-refractivity contribution is 5.85. The lowest BCUT2D eigenvalue weighted by Crippen LogP contribution is -2.45. The normalized spacial score (nSPS) is 11.2. The van der Waals surface area contributed by atoms with Crippen LogP contribution in [0.3, 0.4) is 0 Å². The maximum Gasteiger partial charge on any atom is 0.326 e. The van der Waals surface area contributed by atoms with E-state index in [4.69, 9.17) is 17.3 Å². The molecule has 0 aromatic rings. The Kier molecular flexibility index (Phi) is 7.14. The van der Waals surface area contributed by atoms with E-state index in [1.54, 1.807) is 0 Å². The molecule has 0 aromatic carbocycles. The van der Waals surface area contributed by atoms with Gasteiger partial charge in [-0.3, -0.25) is 14.9 Å². The van der Waals surface area contributed by atoms with E-state index in [0.717, 1.165) is 0 Å². The fourth-order valence-corrected chi connectivity index (χ4v) is 1.04. The molecule has 94 valence electrons. The van der Waals surface area contributed by atoms with Crippen molar-refractivity contribution >= 4 is 17.8 Å². The lowest BCUT2D eigenvalue weighted by Gasteiger charge is -2.13. The summed E-state index contributed by atoms with van der Waals surface area (Å²) in [5.41, 5.74) is 4.89. The molecule has 0 heterocycles. The molecule has 7 nitrogen and oxygen atoms in total. The van der Waals surface area contributed by atoms with Gasteiger partial charge in [0.1, 0.15) is 6.04 Å². The summed E-state index contributed by atoms with van der Waals surface area (Å²) in [4.78, 5) is 32.5. The van der Waals surface area contributed by atoms with E-state index in [1.807, 2.05) is 0 Å². The topological polar surface area (TPSA) is 122 Å². The van der Waals surface area contributed by atoms with E-state index in [9.17, 15) is 14.4 Å². The monoisotopic (exact) mass is 241 g/mol. The van der Waals surface area contributed by atoms with Crippen LogP contribution in [-0.4, -0.2) is 42.0 Å². The SMILES string of the molecule is C#CCNCC(=O)N[C@H](CCC(N)=O)C(=O)O. The average Bonchev–Trinajstić information content (AvgIpc) is 2.23. The Morgan fingerprint density at radius 3 is 2.53 bits per heavy atom. The number of carboxylic acids is 1. The van der Waals surface area contributed by atoms with Gasteiger partial charge in [0.2, 0.25) is 11.8 Å². The molecule has 0 saturated heterocycles. The van der Waals surface area contributed by atoms with Crippen LogP contribution in [0.15, 0.2) is 0 Å². The number of nitrogens with one attached hydrogen (secondary N) is 2. The van der Waals surface area contributed by atoms with Gasteiger partial charge in [0.15, 0.2) is 0 Å². The molecule has 5 N–H and O–H groups in total. The number of rotatable bonds is 8. The third-order valence-corrected chi connectivity index (χ3v) is 1.83. The Morgan fingerprint density at radius 1 is 1.41 bits per heavy atom. The van der Waals surface area contributed by atoms with Crippen molar-refractivity contribution in [2.75, 3.05) is 13.1 Å². The summed E-state index contributed by atoms with van der Waals surface area (Å²) >= 11 is 0. The van der Waals surface area contributed by atoms with Gasteiger partial charge in [-0.15, -0.1) is 6.42 Å². The van der Waals surface area contributed by atoms with E-state index in [0.29, 0.717) is 0 Å². The molecule has 17 heavy (non-hydrogen) atoms. The predicted molar refractivity (Wildman–Crippen MR) is 59.7 cm³/mol. The maximum absolute atomic E-state index is 11.3. The fourth-order valence-electron chi connectivity index (χ4n) is 1.04. The van der Waals surface area contributed by atoms with E-state index < -0.39 is 23.8 Å². The van der Waals surface area contributed by atoms with Crippen LogP contribution in [0, 0.1) is 12.3 Å². The number of terminal acetylenes is 1. The molecular weight excluding hydrogens is 226 g/mol. The third kappa shape index (κ3) is 7.81. The number of hydrogen-bond donors (Lipinski definition) is 4. The van der Waals surface area contributed by atoms with Crippen molar-refractivity contribution in [3.8, 4) is 12.3 Å². The Labute approximate surface area is 98.7 Å². The highest BCUT2D eigenvalue weighted by Gasteiger charge is 2.19. The minimum Gasteiger partial charge on any atom is -0.480 e. The lowest BCUT2D eigenvalue weighted by atomic mass is 10.1. The molecule has 2 amide bonds. The van der Waals surface area contributed by atoms with Gasteiger partial charge in [0, 0.05) is 6.42 Å². The molecule has 0 aliphatic heterocycles. The van der Waals surface area contributed by atoms with Gasteiger partial charge in [-0.2, -0.15) is 0 Å². The van der Waals surface area contributed by atoms with Crippen molar-refractivity contribution in [1.82, 2.24) is 10.6 Å². The molecule has 0 aliphatic rings. The van der Waals surface area contributed by atoms with Gasteiger partial charge in [-0.1, -0.05) is 5.92 Å². The molecular formula is C10H15N3O4. The summed E-state index contributed by atoms with van der Waals surface area (Å²) in [5, 5.41) is 13.7. The van der Waals surface area contributed by atoms with Crippen molar-refractivity contribution in [3.63, 3.8) is 0 Å². The Balaban J connectivity index is 4.07. The van der Waals surface area contributed by atoms with Crippen molar-refractivity contribution in [2.24, 2.45) is 5.73 Å². The highest BCUT2D eigenvalue weighted by Crippen LogP contribution is 1.97. The minimum absolute atomic E-state index is 0.0362. The standard InChI is InChI=1S/C10H15N3O4/c1-2-5-12-6-9(15)13-7(10(16)17)3-4-8(11)14/h1,7,12H,3-6H2,(H2,11,14)(H,13,15)(H,16,17)/t7-/m1/s1. The summed E-state index contributed by atoms with van der Waals surface area (Å²) < 4.78 is 0. The molecule has 0 radical (unpaired) electrons. The van der Waals surface area contributed by atoms with Gasteiger partial charge >= 0.3 is 5.97 Å². The van der Waals surface area contributed by atoms with Crippen LogP contribution in [0.25, 0.3) is 0 Å². The molecule has 0 aliphatic carbocycles. The van der Waals surface area contributed by atoms with Crippen LogP contribution < -0.4 is 16.4 Å². The average molecular weight is 241 g/mol. The molecule has 0 fully saturated rings. The number of nitrogens with two attached hydrogens (primary N) is 1. The quantitative estimate of drug-likeness (QED) is 0.290. The first kappa shape index (κ1) is 14.9. The fraction of sp³-hybridized carbons (Fsp3) is 0.500. The van der Waals surface area contributed by atoms with Crippen molar-refractivity contribution in [3.05, 3.63) is 0 Å². The summed E-state index contributed by atoms with van der Waals surface area (Å²) in [6, 6.07) is -1.12. The number of hydrogen-bond acceptors (Lipinski definition) is 4. The molecule has 0 bridgehead atoms. The third-order valence-electron chi connectivity index (χ3n) is 1.83. The molecule has 0 unspecified atom stereocenters. The van der Waals surface area contributed by atoms with Crippen LogP contribution in [0.5, 0.6) is 0 Å². The molecule has 0 saturated carbocycles. The van der Waals surface area contributed by atoms with E-state index in [-0.39, 0.29) is 25.9 Å². The van der Waals surface area contributed by atoms with Gasteiger partial charge in [-0.05, 0) is 6.42 Å². The van der Waals surface area contributed by atoms with Gasteiger partial charge in [0.25, 0.3) is 0 Å². The first-order valence-electron chi connectivity index (χ1n) is 4.92. The Bertz CT molecular complexity index is 335. The summed E-state index contributed by atoms with van der Waals surface area (Å²) in [7, 11) is 0. The first-order valence-corrected chi connectivity index (χ1v) is 4.92.